The van der Waals surface area contributed by atoms with Crippen molar-refractivity contribution >= 4 is 24.2 Å². The number of nitrogens with two attached hydrogens (primary N) is 1. The predicted molar refractivity (Wildman–Crippen MR) is 72.6 cm³/mol. The molecule has 6 heteroatoms. The smallest absolute Gasteiger partial charge is 0.248 e. The molecule has 4 N–H and O–H groups in total. The normalized spacial score (nSPS) is 9.39. The molecule has 100 valence electrons. The Morgan fingerprint density at radius 2 is 2.06 bits per heavy atom. The second-order valence-corrected chi connectivity index (χ2v) is 3.69. The zero-order valence-corrected chi connectivity index (χ0v) is 11.0. The number of carbonyl (C=O) groups excluding carboxylic acids is 2. The largest absolute Gasteiger partial charge is 0.366 e. The third-order valence-corrected chi connectivity index (χ3v) is 2.30. The Morgan fingerprint density at radius 1 is 1.33 bits per heavy atom. The minimum Gasteiger partial charge on any atom is -0.366 e. The van der Waals surface area contributed by atoms with Gasteiger partial charge >= 0.3 is 0 Å². The second-order valence-electron chi connectivity index (χ2n) is 3.69. The maximum absolute atomic E-state index is 11.4. The first-order chi connectivity index (χ1) is 8.13. The van der Waals surface area contributed by atoms with Gasteiger partial charge in [-0.2, -0.15) is 0 Å². The van der Waals surface area contributed by atoms with Crippen molar-refractivity contribution < 1.29 is 9.59 Å². The standard InChI is InChI=1S/C12H17N3O2.ClH/c1-14-6-5-11(16)15-8-9-3-2-4-10(7-9)12(13)17;/h2-4,7,14H,5-6,8H2,1H3,(H2,13,17)(H,15,16);1H. The van der Waals surface area contributed by atoms with Crippen molar-refractivity contribution in [3.63, 3.8) is 0 Å². The lowest BCUT2D eigenvalue weighted by molar-refractivity contribution is -0.121. The molecule has 18 heavy (non-hydrogen) atoms. The molecule has 0 aliphatic rings. The number of hydrogen-bond acceptors (Lipinski definition) is 3. The summed E-state index contributed by atoms with van der Waals surface area (Å²) in [6.07, 6.45) is 0.437. The summed E-state index contributed by atoms with van der Waals surface area (Å²) in [7, 11) is 1.80. The van der Waals surface area contributed by atoms with Crippen LogP contribution in [-0.4, -0.2) is 25.4 Å². The number of carbonyl (C=O) groups is 2. The van der Waals surface area contributed by atoms with Gasteiger partial charge in [0.25, 0.3) is 0 Å². The minimum absolute atomic E-state index is 0. The fraction of sp³-hybridized carbons (Fsp3) is 0.333. The highest BCUT2D eigenvalue weighted by atomic mass is 35.5. The highest BCUT2D eigenvalue weighted by molar-refractivity contribution is 5.92. The topological polar surface area (TPSA) is 84.2 Å². The van der Waals surface area contributed by atoms with Gasteiger partial charge in [0.05, 0.1) is 0 Å². The maximum Gasteiger partial charge on any atom is 0.248 e. The van der Waals surface area contributed by atoms with Crippen molar-refractivity contribution in [2.75, 3.05) is 13.6 Å². The first-order valence-corrected chi connectivity index (χ1v) is 5.43. The molecule has 0 bridgehead atoms. The molecule has 0 spiro atoms. The van der Waals surface area contributed by atoms with Crippen LogP contribution in [0.1, 0.15) is 22.3 Å². The van der Waals surface area contributed by atoms with Crippen LogP contribution in [0.15, 0.2) is 24.3 Å². The van der Waals surface area contributed by atoms with E-state index in [4.69, 9.17) is 5.73 Å². The quantitative estimate of drug-likeness (QED) is 0.702. The van der Waals surface area contributed by atoms with E-state index in [1.165, 1.54) is 0 Å². The molecule has 0 heterocycles. The van der Waals surface area contributed by atoms with E-state index in [2.05, 4.69) is 10.6 Å². The number of benzene rings is 1. The Bertz CT molecular complexity index is 410. The van der Waals surface area contributed by atoms with Crippen LogP contribution in [0.5, 0.6) is 0 Å². The molecule has 0 fully saturated rings. The maximum atomic E-state index is 11.4. The van der Waals surface area contributed by atoms with Crippen LogP contribution in [0.25, 0.3) is 0 Å². The van der Waals surface area contributed by atoms with Gasteiger partial charge in [-0.15, -0.1) is 12.4 Å². The average molecular weight is 272 g/mol. The average Bonchev–Trinajstić information content (AvgIpc) is 2.34. The van der Waals surface area contributed by atoms with Crippen LogP contribution in [0, 0.1) is 0 Å². The number of nitrogens with one attached hydrogen (secondary N) is 2. The number of halogens is 1. The van der Waals surface area contributed by atoms with Gasteiger partial charge in [-0.25, -0.2) is 0 Å². The van der Waals surface area contributed by atoms with E-state index in [0.29, 0.717) is 25.1 Å². The first-order valence-electron chi connectivity index (χ1n) is 5.43. The molecule has 2 amide bonds. The van der Waals surface area contributed by atoms with E-state index < -0.39 is 5.91 Å². The fourth-order valence-electron chi connectivity index (χ4n) is 1.36. The van der Waals surface area contributed by atoms with Crippen molar-refractivity contribution in [1.29, 1.82) is 0 Å². The van der Waals surface area contributed by atoms with Crippen LogP contribution in [-0.2, 0) is 11.3 Å². The van der Waals surface area contributed by atoms with Crippen molar-refractivity contribution in [3.05, 3.63) is 35.4 Å². The molecule has 1 rings (SSSR count). The summed E-state index contributed by atoms with van der Waals surface area (Å²) < 4.78 is 0. The van der Waals surface area contributed by atoms with E-state index in [-0.39, 0.29) is 18.3 Å². The molecule has 1 aromatic carbocycles. The third kappa shape index (κ3) is 5.65. The van der Waals surface area contributed by atoms with Crippen molar-refractivity contribution in [2.24, 2.45) is 5.73 Å². The number of amides is 2. The molecule has 0 aliphatic heterocycles. The van der Waals surface area contributed by atoms with Crippen molar-refractivity contribution in [2.45, 2.75) is 13.0 Å². The second kappa shape index (κ2) is 8.49. The summed E-state index contributed by atoms with van der Waals surface area (Å²) in [5.41, 5.74) is 6.48. The molecule has 0 aromatic heterocycles. The van der Waals surface area contributed by atoms with Gasteiger partial charge < -0.3 is 16.4 Å². The first kappa shape index (κ1) is 16.4. The lowest BCUT2D eigenvalue weighted by Gasteiger charge is -2.06. The van der Waals surface area contributed by atoms with E-state index in [1.807, 2.05) is 6.07 Å². The molecule has 0 radical (unpaired) electrons. The van der Waals surface area contributed by atoms with Crippen LogP contribution < -0.4 is 16.4 Å². The van der Waals surface area contributed by atoms with E-state index in [9.17, 15) is 9.59 Å². The molecule has 1 aromatic rings. The summed E-state index contributed by atoms with van der Waals surface area (Å²) in [6, 6.07) is 6.91. The Morgan fingerprint density at radius 3 is 2.67 bits per heavy atom. The SMILES string of the molecule is CNCCC(=O)NCc1cccc(C(N)=O)c1.Cl. The highest BCUT2D eigenvalue weighted by Gasteiger charge is 2.03. The minimum atomic E-state index is -0.464. The Balaban J connectivity index is 0.00000289. The predicted octanol–water partition coefficient (Wildman–Crippen LogP) is 0.433. The summed E-state index contributed by atoms with van der Waals surface area (Å²) in [5, 5.41) is 5.67. The number of hydrogen-bond donors (Lipinski definition) is 3. The van der Waals surface area contributed by atoms with Crippen LogP contribution in [0.4, 0.5) is 0 Å². The molecule has 5 nitrogen and oxygen atoms in total. The monoisotopic (exact) mass is 271 g/mol. The van der Waals surface area contributed by atoms with Crippen LogP contribution in [0.2, 0.25) is 0 Å². The molecule has 0 saturated heterocycles. The number of primary amides is 1. The van der Waals surface area contributed by atoms with Gasteiger partial charge in [-0.1, -0.05) is 12.1 Å². The van der Waals surface area contributed by atoms with Gasteiger partial charge in [-0.05, 0) is 24.7 Å². The van der Waals surface area contributed by atoms with E-state index in [0.717, 1.165) is 5.56 Å². The summed E-state index contributed by atoms with van der Waals surface area (Å²) in [6.45, 7) is 1.05. The molecular weight excluding hydrogens is 254 g/mol. The third-order valence-electron chi connectivity index (χ3n) is 2.30. The molecule has 0 saturated carbocycles. The lowest BCUT2D eigenvalue weighted by atomic mass is 10.1. The van der Waals surface area contributed by atoms with Crippen molar-refractivity contribution in [1.82, 2.24) is 10.6 Å². The lowest BCUT2D eigenvalue weighted by Crippen LogP contribution is -2.26. The van der Waals surface area contributed by atoms with Gasteiger partial charge in [0.1, 0.15) is 0 Å². The summed E-state index contributed by atoms with van der Waals surface area (Å²) in [5.74, 6) is -0.489. The van der Waals surface area contributed by atoms with E-state index >= 15 is 0 Å². The molecule has 0 unspecified atom stereocenters. The van der Waals surface area contributed by atoms with Crippen molar-refractivity contribution in [3.8, 4) is 0 Å². The van der Waals surface area contributed by atoms with Gasteiger partial charge in [0.2, 0.25) is 11.8 Å². The van der Waals surface area contributed by atoms with Gasteiger partial charge in [-0.3, -0.25) is 9.59 Å². The summed E-state index contributed by atoms with van der Waals surface area (Å²) >= 11 is 0. The number of rotatable bonds is 6. The van der Waals surface area contributed by atoms with Crippen LogP contribution >= 0.6 is 12.4 Å². The molecule has 0 aliphatic carbocycles. The molecular formula is C12H18ClN3O2. The Labute approximate surface area is 113 Å². The van der Waals surface area contributed by atoms with Gasteiger partial charge in [0.15, 0.2) is 0 Å². The van der Waals surface area contributed by atoms with Gasteiger partial charge in [0, 0.05) is 25.1 Å². The zero-order chi connectivity index (χ0) is 12.7. The zero-order valence-electron chi connectivity index (χ0n) is 10.2. The van der Waals surface area contributed by atoms with Crippen LogP contribution in [0.3, 0.4) is 0 Å². The Hall–Kier alpha value is -1.59. The fourth-order valence-corrected chi connectivity index (χ4v) is 1.36. The Kier molecular flexibility index (Phi) is 7.74. The molecule has 0 atom stereocenters. The highest BCUT2D eigenvalue weighted by Crippen LogP contribution is 2.04. The summed E-state index contributed by atoms with van der Waals surface area (Å²) in [4.78, 5) is 22.3. The van der Waals surface area contributed by atoms with E-state index in [1.54, 1.807) is 25.2 Å².